The van der Waals surface area contributed by atoms with Gasteiger partial charge in [0.2, 0.25) is 0 Å². The van der Waals surface area contributed by atoms with Crippen molar-refractivity contribution < 1.29 is 25.0 Å². The molecule has 49 heavy (non-hydrogen) atoms. The predicted molar refractivity (Wildman–Crippen MR) is 201 cm³/mol. The van der Waals surface area contributed by atoms with E-state index in [-0.39, 0.29) is 50.0 Å². The lowest BCUT2D eigenvalue weighted by Gasteiger charge is -2.12. The Hall–Kier alpha value is -6.65. The zero-order chi connectivity index (χ0) is 45.4. The number of nitrogens with zero attached hydrogens (tertiary/aromatic N) is 3. The molecule has 0 fully saturated rings. The highest BCUT2D eigenvalue weighted by Gasteiger charge is 2.15. The average molecular weight is 641 g/mol. The van der Waals surface area contributed by atoms with Crippen LogP contribution in [0, 0.1) is 0 Å². The van der Waals surface area contributed by atoms with Crippen LogP contribution < -0.4 is 0 Å². The topological polar surface area (TPSA) is 51.8 Å². The Morgan fingerprint density at radius 3 is 1.61 bits per heavy atom. The molecular formula is C45H27N3O. The second kappa shape index (κ2) is 11.0. The van der Waals surface area contributed by atoms with Gasteiger partial charge < -0.3 is 4.42 Å². The van der Waals surface area contributed by atoms with Gasteiger partial charge in [-0.1, -0.05) is 133 Å². The fourth-order valence-electron chi connectivity index (χ4n) is 6.03. The molecule has 0 saturated carbocycles. The monoisotopic (exact) mass is 640 g/mol. The van der Waals surface area contributed by atoms with E-state index in [2.05, 4.69) is 4.98 Å². The van der Waals surface area contributed by atoms with Crippen molar-refractivity contribution in [1.29, 1.82) is 0 Å². The molecule has 10 rings (SSSR count). The highest BCUT2D eigenvalue weighted by molar-refractivity contribution is 6.25. The Morgan fingerprint density at radius 1 is 0.367 bits per heavy atom. The molecule has 4 nitrogen and oxygen atoms in total. The Balaban J connectivity index is 1.27. The molecule has 10 aromatic rings. The van der Waals surface area contributed by atoms with Crippen molar-refractivity contribution in [1.82, 2.24) is 15.0 Å². The molecule has 0 aliphatic rings. The molecule has 0 radical (unpaired) electrons. The van der Waals surface area contributed by atoms with Gasteiger partial charge in [0.25, 0.3) is 0 Å². The second-order valence-corrected chi connectivity index (χ2v) is 11.2. The number of hydrogen-bond donors (Lipinski definition) is 0. The van der Waals surface area contributed by atoms with Crippen LogP contribution in [-0.4, -0.2) is 15.0 Å². The van der Waals surface area contributed by atoms with Gasteiger partial charge in [0.1, 0.15) is 11.2 Å². The van der Waals surface area contributed by atoms with E-state index in [1.165, 1.54) is 0 Å². The third-order valence-electron chi connectivity index (χ3n) is 8.34. The minimum absolute atomic E-state index is 0.147. The summed E-state index contributed by atoms with van der Waals surface area (Å²) in [4.78, 5) is 14.1. The van der Waals surface area contributed by atoms with Gasteiger partial charge in [-0.25, -0.2) is 15.0 Å². The SMILES string of the molecule is [2H]c1c([2H])c(-c2c([2H])c([2H])c3c4c([2H])c([2H])c([2H])c([2H])c4c4c([2H])c([2H])c([2H])c([2H])c4c3c2[2H])c([2H])c([2H])c1-c1nc(-c2ccccc2)nc(-c2ccc3oc4ccccc4c3c2)n1. The van der Waals surface area contributed by atoms with E-state index in [4.69, 9.17) is 25.4 Å². The fourth-order valence-corrected chi connectivity index (χ4v) is 6.03. The van der Waals surface area contributed by atoms with Crippen LogP contribution in [-0.2, 0) is 0 Å². The van der Waals surface area contributed by atoms with Crippen molar-refractivity contribution in [3.63, 3.8) is 0 Å². The normalized spacial score (nSPS) is 16.0. The average Bonchev–Trinajstić information content (AvgIpc) is 3.68. The first-order valence-corrected chi connectivity index (χ1v) is 15.2. The van der Waals surface area contributed by atoms with Crippen LogP contribution in [0.15, 0.2) is 168 Å². The summed E-state index contributed by atoms with van der Waals surface area (Å²) in [5.74, 6) is 0.0912. The third-order valence-corrected chi connectivity index (χ3v) is 8.34. The molecule has 0 N–H and O–H groups in total. The molecule has 0 saturated heterocycles. The summed E-state index contributed by atoms with van der Waals surface area (Å²) < 4.78 is 141. The Morgan fingerprint density at radius 2 is 0.898 bits per heavy atom. The van der Waals surface area contributed by atoms with Gasteiger partial charge in [-0.05, 0) is 73.8 Å². The van der Waals surface area contributed by atoms with Crippen LogP contribution in [0.5, 0.6) is 0 Å². The predicted octanol–water partition coefficient (Wildman–Crippen LogP) is 11.9. The lowest BCUT2D eigenvalue weighted by Crippen LogP contribution is -2.00. The van der Waals surface area contributed by atoms with Crippen LogP contribution >= 0.6 is 0 Å². The molecule has 0 atom stereocenters. The standard InChI is InChI=1S/C45H27N3O/c1-2-10-29(11-3-1)43-46-44(48-45(47-43)32-23-25-42-40(27-32)38-16-8-9-17-41(38)49-42)30-20-18-28(19-21-30)31-22-24-37-35-14-5-4-12-33(35)34-13-6-7-15-36(34)39(37)26-31/h1-27H/i4D,5D,6D,7D,12D,13D,14D,15D,18D,19D,20D,21D,22D,24D,26D. The van der Waals surface area contributed by atoms with Crippen molar-refractivity contribution in [2.45, 2.75) is 0 Å². The molecule has 0 spiro atoms. The summed E-state index contributed by atoms with van der Waals surface area (Å²) in [6.45, 7) is 0. The van der Waals surface area contributed by atoms with E-state index in [1.54, 1.807) is 42.5 Å². The van der Waals surface area contributed by atoms with Crippen LogP contribution in [0.3, 0.4) is 0 Å². The fraction of sp³-hybridized carbons (Fsp3) is 0. The maximum atomic E-state index is 9.60. The lowest BCUT2D eigenvalue weighted by molar-refractivity contribution is 0.669. The van der Waals surface area contributed by atoms with Crippen molar-refractivity contribution in [2.75, 3.05) is 0 Å². The largest absolute Gasteiger partial charge is 0.456 e. The summed E-state index contributed by atoms with van der Waals surface area (Å²) in [5.41, 5.74) is 0.922. The molecule has 0 bridgehead atoms. The van der Waals surface area contributed by atoms with Crippen LogP contribution in [0.2, 0.25) is 0 Å². The summed E-state index contributed by atoms with van der Waals surface area (Å²) in [6, 6.07) is 11.2. The second-order valence-electron chi connectivity index (χ2n) is 11.2. The molecular weight excluding hydrogens is 599 g/mol. The van der Waals surface area contributed by atoms with Crippen molar-refractivity contribution >= 4 is 54.3 Å². The first-order valence-electron chi connectivity index (χ1n) is 22.7. The van der Waals surface area contributed by atoms with Gasteiger partial charge in [-0.2, -0.15) is 0 Å². The summed E-state index contributed by atoms with van der Waals surface area (Å²) in [7, 11) is 0. The zero-order valence-corrected chi connectivity index (χ0v) is 25.2. The Labute approximate surface area is 303 Å². The lowest BCUT2D eigenvalue weighted by atomic mass is 9.92. The number of rotatable bonds is 4. The molecule has 8 aromatic carbocycles. The number of furan rings is 1. The highest BCUT2D eigenvalue weighted by atomic mass is 16.3. The number of benzene rings is 8. The quantitative estimate of drug-likeness (QED) is 0.180. The van der Waals surface area contributed by atoms with Gasteiger partial charge in [0.15, 0.2) is 17.5 Å². The van der Waals surface area contributed by atoms with Crippen molar-refractivity contribution in [2.24, 2.45) is 0 Å². The minimum Gasteiger partial charge on any atom is -0.456 e. The van der Waals surface area contributed by atoms with Gasteiger partial charge in [0, 0.05) is 27.5 Å². The van der Waals surface area contributed by atoms with E-state index >= 15 is 0 Å². The number of aromatic nitrogens is 3. The van der Waals surface area contributed by atoms with Gasteiger partial charge in [0.05, 0.1) is 20.6 Å². The van der Waals surface area contributed by atoms with E-state index in [0.717, 1.165) is 10.8 Å². The van der Waals surface area contributed by atoms with Gasteiger partial charge >= 0.3 is 0 Å². The van der Waals surface area contributed by atoms with Crippen molar-refractivity contribution in [3.8, 4) is 45.3 Å². The smallest absolute Gasteiger partial charge is 0.164 e. The van der Waals surface area contributed by atoms with E-state index < -0.39 is 107 Å². The summed E-state index contributed by atoms with van der Waals surface area (Å²) >= 11 is 0. The third kappa shape index (κ3) is 4.57. The molecule has 0 unspecified atom stereocenters. The van der Waals surface area contributed by atoms with Crippen molar-refractivity contribution in [3.05, 3.63) is 163 Å². The first-order chi connectivity index (χ1) is 30.5. The number of fused-ring (bicyclic) bond motifs is 9. The Bertz CT molecular complexity index is 3670. The molecule has 228 valence electrons. The van der Waals surface area contributed by atoms with Crippen LogP contribution in [0.25, 0.3) is 99.5 Å². The molecule has 2 aromatic heterocycles. The maximum Gasteiger partial charge on any atom is 0.164 e. The van der Waals surface area contributed by atoms with Crippen LogP contribution in [0.4, 0.5) is 0 Å². The Kier molecular flexibility index (Phi) is 3.68. The van der Waals surface area contributed by atoms with Gasteiger partial charge in [-0.3, -0.25) is 0 Å². The summed E-state index contributed by atoms with van der Waals surface area (Å²) in [6.07, 6.45) is 0. The molecule has 2 heterocycles. The number of para-hydroxylation sites is 1. The number of hydrogen-bond acceptors (Lipinski definition) is 4. The van der Waals surface area contributed by atoms with Gasteiger partial charge in [-0.15, -0.1) is 0 Å². The minimum atomic E-state index is -0.782. The first kappa shape index (κ1) is 16.4. The maximum absolute atomic E-state index is 9.60. The highest BCUT2D eigenvalue weighted by Crippen LogP contribution is 2.38. The van der Waals surface area contributed by atoms with E-state index in [0.29, 0.717) is 22.3 Å². The molecule has 0 amide bonds. The molecule has 4 heteroatoms. The molecule has 0 aliphatic carbocycles. The zero-order valence-electron chi connectivity index (χ0n) is 40.2. The van der Waals surface area contributed by atoms with Crippen LogP contribution in [0.1, 0.15) is 20.6 Å². The molecule has 0 aliphatic heterocycles. The van der Waals surface area contributed by atoms with E-state index in [9.17, 15) is 9.60 Å². The van der Waals surface area contributed by atoms with E-state index in [1.807, 2.05) is 30.3 Å². The summed E-state index contributed by atoms with van der Waals surface area (Å²) in [5, 5.41) is -0.560.